The number of rotatable bonds is 3. The minimum absolute atomic E-state index is 0.154. The molecule has 1 aliphatic carbocycles. The van der Waals surface area contributed by atoms with Crippen molar-refractivity contribution in [1.82, 2.24) is 0 Å². The number of phenols is 1. The highest BCUT2D eigenvalue weighted by atomic mass is 16.3. The fraction of sp³-hybridized carbons (Fsp3) is 0.0667. The molecule has 3 heteroatoms. The van der Waals surface area contributed by atoms with Crippen molar-refractivity contribution in [3.63, 3.8) is 0 Å². The predicted octanol–water partition coefficient (Wildman–Crippen LogP) is 2.30. The van der Waals surface area contributed by atoms with E-state index in [1.54, 1.807) is 18.2 Å². The Kier molecular flexibility index (Phi) is 3.24. The van der Waals surface area contributed by atoms with E-state index in [1.165, 1.54) is 30.4 Å². The second-order valence-corrected chi connectivity index (χ2v) is 4.00. The third kappa shape index (κ3) is 2.30. The predicted molar refractivity (Wildman–Crippen MR) is 68.3 cm³/mol. The van der Waals surface area contributed by atoms with Crippen LogP contribution in [0, 0.1) is 0 Å². The normalized spacial score (nSPS) is 16.3. The van der Waals surface area contributed by atoms with Crippen LogP contribution in [0.1, 0.15) is 11.5 Å². The van der Waals surface area contributed by atoms with E-state index in [2.05, 4.69) is 6.58 Å². The van der Waals surface area contributed by atoms with E-state index in [9.17, 15) is 14.7 Å². The molecule has 1 aromatic rings. The molecule has 18 heavy (non-hydrogen) atoms. The van der Waals surface area contributed by atoms with Crippen LogP contribution < -0.4 is 0 Å². The molecule has 0 amide bonds. The summed E-state index contributed by atoms with van der Waals surface area (Å²) >= 11 is 0. The van der Waals surface area contributed by atoms with Gasteiger partial charge in [0.05, 0.1) is 0 Å². The van der Waals surface area contributed by atoms with Crippen LogP contribution in [-0.4, -0.2) is 16.7 Å². The lowest BCUT2D eigenvalue weighted by molar-refractivity contribution is -0.114. The highest BCUT2D eigenvalue weighted by Gasteiger charge is 2.21. The van der Waals surface area contributed by atoms with Crippen molar-refractivity contribution in [2.24, 2.45) is 0 Å². The van der Waals surface area contributed by atoms with Gasteiger partial charge in [-0.2, -0.15) is 0 Å². The first-order valence-electron chi connectivity index (χ1n) is 5.51. The van der Waals surface area contributed by atoms with Gasteiger partial charge in [0.25, 0.3) is 0 Å². The van der Waals surface area contributed by atoms with E-state index in [0.29, 0.717) is 5.57 Å². The molecule has 0 heterocycles. The molecule has 0 aliphatic heterocycles. The van der Waals surface area contributed by atoms with E-state index in [-0.39, 0.29) is 23.2 Å². The maximum absolute atomic E-state index is 11.8. The molecule has 1 N–H and O–H groups in total. The summed E-state index contributed by atoms with van der Waals surface area (Å²) in [6.45, 7) is 3.70. The maximum atomic E-state index is 11.8. The van der Waals surface area contributed by atoms with Crippen LogP contribution in [0.3, 0.4) is 0 Å². The van der Waals surface area contributed by atoms with Crippen molar-refractivity contribution in [3.8, 4) is 5.75 Å². The molecule has 0 aromatic heterocycles. The molecule has 1 aromatic carbocycles. The largest absolute Gasteiger partial charge is 0.508 e. The molecule has 0 saturated carbocycles. The maximum Gasteiger partial charge on any atom is 0.183 e. The number of hydrogen-bond acceptors (Lipinski definition) is 3. The highest BCUT2D eigenvalue weighted by molar-refractivity contribution is 6.18. The van der Waals surface area contributed by atoms with E-state index in [1.807, 2.05) is 0 Å². The zero-order valence-corrected chi connectivity index (χ0v) is 9.67. The molecular formula is C15H12O3. The summed E-state index contributed by atoms with van der Waals surface area (Å²) in [5, 5.41) is 9.24. The molecule has 0 saturated heterocycles. The van der Waals surface area contributed by atoms with Gasteiger partial charge in [0.2, 0.25) is 0 Å². The fourth-order valence-corrected chi connectivity index (χ4v) is 1.89. The van der Waals surface area contributed by atoms with Gasteiger partial charge in [0, 0.05) is 11.5 Å². The Morgan fingerprint density at radius 2 is 1.78 bits per heavy atom. The lowest BCUT2D eigenvalue weighted by atomic mass is 9.86. The highest BCUT2D eigenvalue weighted by Crippen LogP contribution is 2.29. The zero-order chi connectivity index (χ0) is 13.1. The molecule has 2 rings (SSSR count). The van der Waals surface area contributed by atoms with Gasteiger partial charge in [-0.05, 0) is 35.9 Å². The monoisotopic (exact) mass is 240 g/mol. The number of hydrogen-bond donors (Lipinski definition) is 1. The lowest BCUT2D eigenvalue weighted by Crippen LogP contribution is -2.13. The van der Waals surface area contributed by atoms with Crippen LogP contribution >= 0.6 is 0 Å². The Hall–Kier alpha value is -2.42. The first-order chi connectivity index (χ1) is 8.61. The number of benzene rings is 1. The first kappa shape index (κ1) is 12.0. The number of carbonyl (C=O) groups is 2. The van der Waals surface area contributed by atoms with Gasteiger partial charge in [-0.25, -0.2) is 0 Å². The van der Waals surface area contributed by atoms with Gasteiger partial charge in [-0.15, -0.1) is 6.58 Å². The van der Waals surface area contributed by atoms with Crippen molar-refractivity contribution >= 4 is 11.6 Å². The Morgan fingerprint density at radius 1 is 1.11 bits per heavy atom. The van der Waals surface area contributed by atoms with Crippen molar-refractivity contribution in [2.75, 3.05) is 0 Å². The Morgan fingerprint density at radius 3 is 2.39 bits per heavy atom. The summed E-state index contributed by atoms with van der Waals surface area (Å²) in [6.07, 6.45) is 5.47. The summed E-state index contributed by atoms with van der Waals surface area (Å²) in [7, 11) is 0. The van der Waals surface area contributed by atoms with Crippen LogP contribution in [0.5, 0.6) is 5.75 Å². The topological polar surface area (TPSA) is 54.4 Å². The summed E-state index contributed by atoms with van der Waals surface area (Å²) in [4.78, 5) is 23.1. The molecule has 1 aliphatic rings. The van der Waals surface area contributed by atoms with E-state index < -0.39 is 0 Å². The molecule has 1 atom stereocenters. The van der Waals surface area contributed by atoms with E-state index >= 15 is 0 Å². The number of carbonyl (C=O) groups excluding carboxylic acids is 2. The van der Waals surface area contributed by atoms with Gasteiger partial charge in [0.1, 0.15) is 5.75 Å². The second-order valence-electron chi connectivity index (χ2n) is 4.00. The Labute approximate surface area is 105 Å². The van der Waals surface area contributed by atoms with Crippen molar-refractivity contribution in [2.45, 2.75) is 5.92 Å². The van der Waals surface area contributed by atoms with Gasteiger partial charge >= 0.3 is 0 Å². The van der Waals surface area contributed by atoms with Gasteiger partial charge in [-0.3, -0.25) is 9.59 Å². The number of phenolic OH excluding ortho intramolecular Hbond substituents is 1. The smallest absolute Gasteiger partial charge is 0.183 e. The first-order valence-corrected chi connectivity index (χ1v) is 5.51. The zero-order valence-electron chi connectivity index (χ0n) is 9.67. The standard InChI is InChI=1S/C15H12O3/c1-2-13(10-3-5-11(16)6-4-10)14-9-12(17)7-8-15(14)18/h2-9,13,16H,1H2. The van der Waals surface area contributed by atoms with Gasteiger partial charge in [-0.1, -0.05) is 18.2 Å². The number of allylic oxidation sites excluding steroid dienone is 5. The second kappa shape index (κ2) is 4.84. The van der Waals surface area contributed by atoms with E-state index in [0.717, 1.165) is 5.56 Å². The molecule has 0 radical (unpaired) electrons. The average molecular weight is 240 g/mol. The molecule has 0 fully saturated rings. The van der Waals surface area contributed by atoms with Crippen molar-refractivity contribution < 1.29 is 14.7 Å². The van der Waals surface area contributed by atoms with Crippen LogP contribution in [0.25, 0.3) is 0 Å². The van der Waals surface area contributed by atoms with Crippen molar-refractivity contribution in [1.29, 1.82) is 0 Å². The van der Waals surface area contributed by atoms with Crippen LogP contribution in [0.2, 0.25) is 0 Å². The summed E-state index contributed by atoms with van der Waals surface area (Å²) in [5.74, 6) is -0.573. The SMILES string of the molecule is C=CC(C1=CC(=O)C=CC1=O)c1ccc(O)cc1. The molecule has 1 unspecified atom stereocenters. The Balaban J connectivity index is 2.40. The van der Waals surface area contributed by atoms with Crippen LogP contribution in [0.15, 0.2) is 60.7 Å². The van der Waals surface area contributed by atoms with Crippen LogP contribution in [0.4, 0.5) is 0 Å². The van der Waals surface area contributed by atoms with Gasteiger partial charge < -0.3 is 5.11 Å². The van der Waals surface area contributed by atoms with Gasteiger partial charge in [0.15, 0.2) is 11.6 Å². The minimum atomic E-state index is -0.341. The number of ketones is 2. The minimum Gasteiger partial charge on any atom is -0.508 e. The fourth-order valence-electron chi connectivity index (χ4n) is 1.89. The Bertz CT molecular complexity index is 562. The molecule has 90 valence electrons. The molecule has 3 nitrogen and oxygen atoms in total. The van der Waals surface area contributed by atoms with Crippen LogP contribution in [-0.2, 0) is 9.59 Å². The molecular weight excluding hydrogens is 228 g/mol. The molecule has 0 bridgehead atoms. The average Bonchev–Trinajstić information content (AvgIpc) is 2.37. The van der Waals surface area contributed by atoms with E-state index in [4.69, 9.17) is 0 Å². The van der Waals surface area contributed by atoms with Crippen molar-refractivity contribution in [3.05, 3.63) is 66.3 Å². The quantitative estimate of drug-likeness (QED) is 0.651. The summed E-state index contributed by atoms with van der Waals surface area (Å²) in [5.41, 5.74) is 1.22. The molecule has 0 spiro atoms. The summed E-state index contributed by atoms with van der Waals surface area (Å²) in [6, 6.07) is 6.49. The third-order valence-electron chi connectivity index (χ3n) is 2.80. The third-order valence-corrected chi connectivity index (χ3v) is 2.80. The number of aromatic hydroxyl groups is 1. The summed E-state index contributed by atoms with van der Waals surface area (Å²) < 4.78 is 0. The lowest BCUT2D eigenvalue weighted by Gasteiger charge is -2.16.